The molecule has 0 amide bonds. The van der Waals surface area contributed by atoms with E-state index in [9.17, 15) is 14.7 Å². The van der Waals surface area contributed by atoms with Gasteiger partial charge in [-0.3, -0.25) is 19.3 Å². The second-order valence-corrected chi connectivity index (χ2v) is 6.86. The molecule has 0 aliphatic heterocycles. The van der Waals surface area contributed by atoms with Crippen molar-refractivity contribution in [1.82, 2.24) is 9.55 Å². The maximum Gasteiger partial charge on any atom is 0.331 e. The number of H-pyrrole nitrogens is 1. The van der Waals surface area contributed by atoms with Crippen LogP contribution >= 0.6 is 0 Å². The van der Waals surface area contributed by atoms with Gasteiger partial charge in [0.2, 0.25) is 5.88 Å². The van der Waals surface area contributed by atoms with Gasteiger partial charge in [0.05, 0.1) is 5.71 Å². The summed E-state index contributed by atoms with van der Waals surface area (Å²) in [7, 11) is 0. The van der Waals surface area contributed by atoms with Crippen LogP contribution < -0.4 is 11.2 Å². The van der Waals surface area contributed by atoms with Gasteiger partial charge in [-0.2, -0.15) is 0 Å². The predicted octanol–water partition coefficient (Wildman–Crippen LogP) is 3.53. The van der Waals surface area contributed by atoms with Crippen molar-refractivity contribution in [3.05, 3.63) is 26.4 Å². The molecule has 140 valence electrons. The average Bonchev–Trinajstić information content (AvgIpc) is 2.60. The molecule has 25 heavy (non-hydrogen) atoms. The number of aromatic nitrogens is 2. The quantitative estimate of drug-likeness (QED) is 0.556. The molecule has 0 atom stereocenters. The van der Waals surface area contributed by atoms with Crippen molar-refractivity contribution in [2.75, 3.05) is 6.54 Å². The summed E-state index contributed by atoms with van der Waals surface area (Å²) in [6.45, 7) is 4.72. The van der Waals surface area contributed by atoms with Crippen molar-refractivity contribution in [1.29, 1.82) is 0 Å². The molecule has 6 nitrogen and oxygen atoms in total. The minimum Gasteiger partial charge on any atom is -0.494 e. The molecular weight excluding hydrogens is 318 g/mol. The summed E-state index contributed by atoms with van der Waals surface area (Å²) in [6, 6.07) is -0.0421. The molecule has 2 N–H and O–H groups in total. The van der Waals surface area contributed by atoms with Crippen LogP contribution in [0.3, 0.4) is 0 Å². The minimum atomic E-state index is -0.538. The van der Waals surface area contributed by atoms with E-state index in [0.29, 0.717) is 18.7 Å². The van der Waals surface area contributed by atoms with Crippen molar-refractivity contribution in [3.63, 3.8) is 0 Å². The van der Waals surface area contributed by atoms with Crippen LogP contribution in [0, 0.1) is 0 Å². The molecule has 0 radical (unpaired) electrons. The molecule has 6 heteroatoms. The molecule has 0 unspecified atom stereocenters. The number of rotatable bonds is 8. The SMILES string of the molecule is CCCCCCN=C(CC)c1c(O)n(C2CCCCC2)c(=O)[nH]c1=O. The van der Waals surface area contributed by atoms with Gasteiger partial charge in [-0.1, -0.05) is 52.4 Å². The van der Waals surface area contributed by atoms with Crippen molar-refractivity contribution < 1.29 is 5.11 Å². The molecule has 0 spiro atoms. The number of hydrogen-bond donors (Lipinski definition) is 2. The number of nitrogens with one attached hydrogen (secondary N) is 1. The van der Waals surface area contributed by atoms with Crippen molar-refractivity contribution in [2.45, 2.75) is 84.1 Å². The van der Waals surface area contributed by atoms with E-state index in [1.54, 1.807) is 0 Å². The summed E-state index contributed by atoms with van der Waals surface area (Å²) < 4.78 is 1.37. The highest BCUT2D eigenvalue weighted by Gasteiger charge is 2.24. The van der Waals surface area contributed by atoms with Gasteiger partial charge < -0.3 is 5.11 Å². The van der Waals surface area contributed by atoms with Gasteiger partial charge in [-0.15, -0.1) is 0 Å². The van der Waals surface area contributed by atoms with E-state index < -0.39 is 11.2 Å². The first-order valence-corrected chi connectivity index (χ1v) is 9.71. The van der Waals surface area contributed by atoms with Gasteiger partial charge in [0.15, 0.2) is 0 Å². The lowest BCUT2D eigenvalue weighted by atomic mass is 9.95. The zero-order chi connectivity index (χ0) is 18.2. The number of aromatic amines is 1. The maximum atomic E-state index is 12.3. The van der Waals surface area contributed by atoms with Gasteiger partial charge in [0.1, 0.15) is 5.56 Å². The second kappa shape index (κ2) is 9.59. The minimum absolute atomic E-state index is 0.0421. The molecule has 1 aliphatic rings. The standard InChI is InChI=1S/C19H31N3O3/c1-3-5-6-10-13-20-15(4-2)16-17(23)21-19(25)22(18(16)24)14-11-8-7-9-12-14/h14,24H,3-13H2,1-2H3,(H,21,23,25). The fourth-order valence-corrected chi connectivity index (χ4v) is 3.60. The molecular formula is C19H31N3O3. The molecule has 0 aromatic carbocycles. The number of aliphatic imine (C=N–C) groups is 1. The van der Waals surface area contributed by atoms with Crippen molar-refractivity contribution in [2.24, 2.45) is 4.99 Å². The lowest BCUT2D eigenvalue weighted by Gasteiger charge is -2.25. The molecule has 1 heterocycles. The van der Waals surface area contributed by atoms with Crippen LogP contribution in [0.2, 0.25) is 0 Å². The number of hydrogen-bond acceptors (Lipinski definition) is 4. The van der Waals surface area contributed by atoms with E-state index in [4.69, 9.17) is 0 Å². The van der Waals surface area contributed by atoms with Crippen LogP contribution in [-0.4, -0.2) is 26.9 Å². The number of unbranched alkanes of at least 4 members (excludes halogenated alkanes) is 3. The molecule has 0 saturated heterocycles. The summed E-state index contributed by atoms with van der Waals surface area (Å²) in [4.78, 5) is 31.5. The van der Waals surface area contributed by atoms with Crippen molar-refractivity contribution >= 4 is 5.71 Å². The third kappa shape index (κ3) is 4.83. The highest BCUT2D eigenvalue weighted by molar-refractivity contribution is 6.01. The van der Waals surface area contributed by atoms with Crippen LogP contribution in [0.15, 0.2) is 14.6 Å². The topological polar surface area (TPSA) is 87.4 Å². The lowest BCUT2D eigenvalue weighted by molar-refractivity contribution is 0.298. The highest BCUT2D eigenvalue weighted by Crippen LogP contribution is 2.30. The van der Waals surface area contributed by atoms with E-state index in [-0.39, 0.29) is 17.5 Å². The summed E-state index contributed by atoms with van der Waals surface area (Å²) in [5.74, 6) is -0.213. The Labute approximate surface area is 149 Å². The fourth-order valence-electron chi connectivity index (χ4n) is 3.60. The van der Waals surface area contributed by atoms with Gasteiger partial charge in [0.25, 0.3) is 5.56 Å². The van der Waals surface area contributed by atoms with Gasteiger partial charge >= 0.3 is 5.69 Å². The monoisotopic (exact) mass is 349 g/mol. The Bertz CT molecular complexity index is 697. The Morgan fingerprint density at radius 1 is 1.16 bits per heavy atom. The Morgan fingerprint density at radius 3 is 2.52 bits per heavy atom. The Kier molecular flexibility index (Phi) is 7.47. The molecule has 1 aromatic heterocycles. The highest BCUT2D eigenvalue weighted by atomic mass is 16.3. The van der Waals surface area contributed by atoms with Crippen LogP contribution in [0.4, 0.5) is 0 Å². The Morgan fingerprint density at radius 2 is 1.88 bits per heavy atom. The first-order chi connectivity index (χ1) is 12.1. The van der Waals surface area contributed by atoms with Crippen molar-refractivity contribution in [3.8, 4) is 5.88 Å². The van der Waals surface area contributed by atoms with E-state index >= 15 is 0 Å². The summed E-state index contributed by atoms with van der Waals surface area (Å²) in [6.07, 6.45) is 9.91. The third-order valence-electron chi connectivity index (χ3n) is 5.00. The van der Waals surface area contributed by atoms with E-state index in [1.807, 2.05) is 6.92 Å². The fraction of sp³-hybridized carbons (Fsp3) is 0.737. The Hall–Kier alpha value is -1.85. The first-order valence-electron chi connectivity index (χ1n) is 9.71. The van der Waals surface area contributed by atoms with Crippen LogP contribution in [0.5, 0.6) is 5.88 Å². The lowest BCUT2D eigenvalue weighted by Crippen LogP contribution is -2.36. The maximum absolute atomic E-state index is 12.3. The third-order valence-corrected chi connectivity index (χ3v) is 5.00. The largest absolute Gasteiger partial charge is 0.494 e. The van der Waals surface area contributed by atoms with Gasteiger partial charge in [-0.25, -0.2) is 4.79 Å². The normalized spacial score (nSPS) is 16.3. The molecule has 1 saturated carbocycles. The van der Waals surface area contributed by atoms with E-state index in [1.165, 1.54) is 11.0 Å². The second-order valence-electron chi connectivity index (χ2n) is 6.86. The molecule has 0 bridgehead atoms. The summed E-state index contributed by atoms with van der Waals surface area (Å²) >= 11 is 0. The smallest absolute Gasteiger partial charge is 0.331 e. The van der Waals surface area contributed by atoms with Crippen LogP contribution in [-0.2, 0) is 0 Å². The molecule has 1 fully saturated rings. The van der Waals surface area contributed by atoms with Crippen LogP contribution in [0.25, 0.3) is 0 Å². The molecule has 1 aliphatic carbocycles. The van der Waals surface area contributed by atoms with Gasteiger partial charge in [-0.05, 0) is 25.7 Å². The van der Waals surface area contributed by atoms with Crippen LogP contribution in [0.1, 0.15) is 89.7 Å². The van der Waals surface area contributed by atoms with E-state index in [0.717, 1.165) is 51.4 Å². The number of aromatic hydroxyl groups is 1. The first kappa shape index (κ1) is 19.5. The summed E-state index contributed by atoms with van der Waals surface area (Å²) in [5.41, 5.74) is -0.303. The van der Waals surface area contributed by atoms with E-state index in [2.05, 4.69) is 16.9 Å². The average molecular weight is 349 g/mol. The molecule has 1 aromatic rings. The summed E-state index contributed by atoms with van der Waals surface area (Å²) in [5, 5.41) is 10.7. The van der Waals surface area contributed by atoms with Gasteiger partial charge in [0, 0.05) is 12.6 Å². The predicted molar refractivity (Wildman–Crippen MR) is 101 cm³/mol. The Balaban J connectivity index is 2.33. The zero-order valence-electron chi connectivity index (χ0n) is 15.5. The number of nitrogens with zero attached hydrogens (tertiary/aromatic N) is 2. The molecule has 2 rings (SSSR count). The zero-order valence-corrected chi connectivity index (χ0v) is 15.5.